The summed E-state index contributed by atoms with van der Waals surface area (Å²) in [4.78, 5) is 55.5. The minimum Gasteiger partial charge on any atom is -0.449 e. The molecule has 0 unspecified atom stereocenters. The maximum atomic E-state index is 12.8. The van der Waals surface area contributed by atoms with Crippen molar-refractivity contribution in [1.82, 2.24) is 10.4 Å². The summed E-state index contributed by atoms with van der Waals surface area (Å²) in [6.45, 7) is 0.559. The number of amides is 3. The standard InChI is InChI=1S/C29H24N2O7/c32-26-22-11-5-6-12-23(22)27(33)31(26)38-28(34)25-17(13-14-36-25)15-30-29(35)37-16-24-20-9-3-1-7-18(20)19-8-2-4-10-21(19)24/h1-12,17,24-25H,13-16H2,(H,30,35)/t17-,25-/m0/s1. The number of ether oxygens (including phenoxy) is 2. The van der Waals surface area contributed by atoms with Gasteiger partial charge in [0, 0.05) is 25.0 Å². The Hall–Kier alpha value is -4.50. The van der Waals surface area contributed by atoms with Crippen LogP contribution in [0.1, 0.15) is 44.2 Å². The molecule has 1 saturated heterocycles. The summed E-state index contributed by atoms with van der Waals surface area (Å²) >= 11 is 0. The van der Waals surface area contributed by atoms with Crippen molar-refractivity contribution in [2.24, 2.45) is 5.92 Å². The largest absolute Gasteiger partial charge is 0.449 e. The minimum atomic E-state index is -1.03. The molecule has 9 heteroatoms. The monoisotopic (exact) mass is 512 g/mol. The summed E-state index contributed by atoms with van der Waals surface area (Å²) in [6, 6.07) is 22.4. The second-order valence-electron chi connectivity index (χ2n) is 9.41. The van der Waals surface area contributed by atoms with Gasteiger partial charge in [-0.05, 0) is 40.8 Å². The smallest absolute Gasteiger partial charge is 0.407 e. The van der Waals surface area contributed by atoms with Crippen LogP contribution >= 0.6 is 0 Å². The predicted octanol–water partition coefficient (Wildman–Crippen LogP) is 3.68. The third kappa shape index (κ3) is 4.10. The molecule has 0 spiro atoms. The molecule has 9 nitrogen and oxygen atoms in total. The van der Waals surface area contributed by atoms with Gasteiger partial charge in [0.25, 0.3) is 11.8 Å². The highest BCUT2D eigenvalue weighted by atomic mass is 16.7. The average molecular weight is 513 g/mol. The molecule has 2 atom stereocenters. The van der Waals surface area contributed by atoms with E-state index in [0.717, 1.165) is 22.3 Å². The Morgan fingerprint density at radius 3 is 2.00 bits per heavy atom. The Morgan fingerprint density at radius 2 is 1.39 bits per heavy atom. The highest BCUT2D eigenvalue weighted by Gasteiger charge is 2.43. The Balaban J connectivity index is 1.04. The van der Waals surface area contributed by atoms with Gasteiger partial charge in [-0.15, -0.1) is 0 Å². The molecule has 2 aliphatic heterocycles. The molecule has 1 N–H and O–H groups in total. The van der Waals surface area contributed by atoms with Crippen LogP contribution in [0, 0.1) is 5.92 Å². The molecule has 3 aromatic carbocycles. The Kier molecular flexibility index (Phi) is 6.13. The number of carbonyl (C=O) groups is 4. The van der Waals surface area contributed by atoms with Crippen molar-refractivity contribution in [1.29, 1.82) is 0 Å². The highest BCUT2D eigenvalue weighted by Crippen LogP contribution is 2.44. The number of imide groups is 1. The van der Waals surface area contributed by atoms with E-state index in [1.807, 2.05) is 36.4 Å². The van der Waals surface area contributed by atoms with Gasteiger partial charge in [0.05, 0.1) is 11.1 Å². The summed E-state index contributed by atoms with van der Waals surface area (Å²) in [5.41, 5.74) is 4.85. The van der Waals surface area contributed by atoms with Gasteiger partial charge in [0.2, 0.25) is 0 Å². The summed E-state index contributed by atoms with van der Waals surface area (Å²) in [6.07, 6.45) is -1.15. The number of nitrogens with zero attached hydrogens (tertiary/aromatic N) is 1. The maximum absolute atomic E-state index is 12.8. The van der Waals surface area contributed by atoms with Crippen LogP contribution in [0.5, 0.6) is 0 Å². The molecule has 192 valence electrons. The number of hydrogen-bond donors (Lipinski definition) is 1. The fourth-order valence-electron chi connectivity index (χ4n) is 5.36. The lowest BCUT2D eigenvalue weighted by Crippen LogP contribution is -2.41. The molecular formula is C29H24N2O7. The zero-order valence-electron chi connectivity index (χ0n) is 20.3. The minimum absolute atomic E-state index is 0.0645. The maximum Gasteiger partial charge on any atom is 0.407 e. The summed E-state index contributed by atoms with van der Waals surface area (Å²) in [7, 11) is 0. The molecule has 0 radical (unpaired) electrons. The molecule has 1 aliphatic carbocycles. The van der Waals surface area contributed by atoms with E-state index < -0.39 is 35.9 Å². The molecule has 6 rings (SSSR count). The molecule has 1 fully saturated rings. The second-order valence-corrected chi connectivity index (χ2v) is 9.41. The van der Waals surface area contributed by atoms with E-state index >= 15 is 0 Å². The van der Waals surface area contributed by atoms with Gasteiger partial charge in [-0.1, -0.05) is 65.7 Å². The number of carbonyl (C=O) groups excluding carboxylic acids is 4. The van der Waals surface area contributed by atoms with Crippen LogP contribution in [-0.4, -0.2) is 54.8 Å². The van der Waals surface area contributed by atoms with E-state index in [-0.39, 0.29) is 36.8 Å². The van der Waals surface area contributed by atoms with Gasteiger partial charge in [-0.3, -0.25) is 9.59 Å². The fraction of sp³-hybridized carbons (Fsp3) is 0.241. The molecule has 3 aliphatic rings. The number of benzene rings is 3. The molecule has 0 bridgehead atoms. The van der Waals surface area contributed by atoms with Crippen LogP contribution in [0.3, 0.4) is 0 Å². The summed E-state index contributed by atoms with van der Waals surface area (Å²) in [5, 5.41) is 3.17. The third-order valence-corrected chi connectivity index (χ3v) is 7.24. The summed E-state index contributed by atoms with van der Waals surface area (Å²) in [5.74, 6) is -2.74. The Labute approximate surface area is 218 Å². The number of rotatable bonds is 6. The Bertz CT molecular complexity index is 1370. The van der Waals surface area contributed by atoms with E-state index in [9.17, 15) is 19.2 Å². The van der Waals surface area contributed by atoms with E-state index in [2.05, 4.69) is 17.4 Å². The zero-order chi connectivity index (χ0) is 26.2. The number of fused-ring (bicyclic) bond motifs is 4. The topological polar surface area (TPSA) is 111 Å². The lowest BCUT2D eigenvalue weighted by atomic mass is 9.98. The molecule has 0 saturated carbocycles. The van der Waals surface area contributed by atoms with Gasteiger partial charge >= 0.3 is 12.1 Å². The number of hydrogen-bond acceptors (Lipinski definition) is 7. The van der Waals surface area contributed by atoms with Crippen molar-refractivity contribution in [2.75, 3.05) is 19.8 Å². The highest BCUT2D eigenvalue weighted by molar-refractivity contribution is 6.20. The number of hydroxylamine groups is 2. The average Bonchev–Trinajstić information content (AvgIpc) is 3.61. The van der Waals surface area contributed by atoms with Crippen molar-refractivity contribution in [2.45, 2.75) is 18.4 Å². The zero-order valence-corrected chi connectivity index (χ0v) is 20.3. The first-order valence-corrected chi connectivity index (χ1v) is 12.4. The van der Waals surface area contributed by atoms with E-state index in [0.29, 0.717) is 11.5 Å². The van der Waals surface area contributed by atoms with Crippen molar-refractivity contribution in [3.63, 3.8) is 0 Å². The van der Waals surface area contributed by atoms with Crippen LogP contribution in [0.25, 0.3) is 11.1 Å². The first kappa shape index (κ1) is 23.9. The van der Waals surface area contributed by atoms with Gasteiger partial charge in [0.1, 0.15) is 6.61 Å². The van der Waals surface area contributed by atoms with Gasteiger partial charge < -0.3 is 19.6 Å². The molecule has 0 aromatic heterocycles. The quantitative estimate of drug-likeness (QED) is 0.502. The van der Waals surface area contributed by atoms with Crippen molar-refractivity contribution in [3.8, 4) is 11.1 Å². The van der Waals surface area contributed by atoms with Crippen LogP contribution < -0.4 is 5.32 Å². The SMILES string of the molecule is O=C(NC[C@@H]1CCO[C@@H]1C(=O)ON1C(=O)c2ccccc2C1=O)OCC1c2ccccc2-c2ccccc21. The molecule has 3 amide bonds. The van der Waals surface area contributed by atoms with Crippen molar-refractivity contribution < 1.29 is 33.5 Å². The lowest BCUT2D eigenvalue weighted by Gasteiger charge is -2.20. The molecule has 3 aromatic rings. The second kappa shape index (κ2) is 9.75. The third-order valence-electron chi connectivity index (χ3n) is 7.24. The van der Waals surface area contributed by atoms with Crippen LogP contribution in [0.15, 0.2) is 72.8 Å². The van der Waals surface area contributed by atoms with Crippen LogP contribution in [0.2, 0.25) is 0 Å². The summed E-state index contributed by atoms with van der Waals surface area (Å²) < 4.78 is 11.1. The van der Waals surface area contributed by atoms with Crippen LogP contribution in [0.4, 0.5) is 4.79 Å². The lowest BCUT2D eigenvalue weighted by molar-refractivity contribution is -0.180. The van der Waals surface area contributed by atoms with E-state index in [1.165, 1.54) is 12.1 Å². The fourth-order valence-corrected chi connectivity index (χ4v) is 5.36. The van der Waals surface area contributed by atoms with Crippen LogP contribution in [-0.2, 0) is 19.1 Å². The van der Waals surface area contributed by atoms with Gasteiger partial charge in [0.15, 0.2) is 6.10 Å². The van der Waals surface area contributed by atoms with Crippen molar-refractivity contribution in [3.05, 3.63) is 95.1 Å². The normalized spacial score (nSPS) is 19.6. The molecular weight excluding hydrogens is 488 g/mol. The molecule has 2 heterocycles. The number of nitrogens with one attached hydrogen (secondary N) is 1. The van der Waals surface area contributed by atoms with Gasteiger partial charge in [-0.2, -0.15) is 0 Å². The van der Waals surface area contributed by atoms with E-state index in [1.54, 1.807) is 12.1 Å². The first-order valence-electron chi connectivity index (χ1n) is 12.4. The molecule has 38 heavy (non-hydrogen) atoms. The first-order chi connectivity index (χ1) is 18.5. The van der Waals surface area contributed by atoms with E-state index in [4.69, 9.17) is 14.3 Å². The predicted molar refractivity (Wildman–Crippen MR) is 134 cm³/mol. The van der Waals surface area contributed by atoms with Crippen molar-refractivity contribution >= 4 is 23.9 Å². The number of alkyl carbamates (subject to hydrolysis) is 1. The Morgan fingerprint density at radius 1 is 0.842 bits per heavy atom. The van der Waals surface area contributed by atoms with Gasteiger partial charge in [-0.25, -0.2) is 9.59 Å².